The first kappa shape index (κ1) is 15.9. The number of Topliss-reactive ketones (excluding diaryl/α,β-unsaturated/α-hetero) is 2. The average molecular weight is 330 g/mol. The lowest BCUT2D eigenvalue weighted by molar-refractivity contribution is -0.385. The molecule has 0 spiro atoms. The van der Waals surface area contributed by atoms with Gasteiger partial charge in [-0.3, -0.25) is 19.7 Å². The minimum Gasteiger partial charge on any atom is -0.490 e. The lowest BCUT2D eigenvalue weighted by Crippen LogP contribution is -2.22. The van der Waals surface area contributed by atoms with Gasteiger partial charge in [-0.2, -0.15) is 0 Å². The molecule has 1 aliphatic rings. The first-order chi connectivity index (χ1) is 11.2. The van der Waals surface area contributed by atoms with E-state index in [1.54, 1.807) is 0 Å². The highest BCUT2D eigenvalue weighted by molar-refractivity contribution is 6.53. The van der Waals surface area contributed by atoms with E-state index in [2.05, 4.69) is 4.98 Å². The van der Waals surface area contributed by atoms with E-state index >= 15 is 0 Å². The normalized spacial score (nSPS) is 13.5. The van der Waals surface area contributed by atoms with E-state index < -0.39 is 27.6 Å². The fourth-order valence-corrected chi connectivity index (χ4v) is 2.54. The topological polar surface area (TPSA) is 113 Å². The highest BCUT2D eigenvalue weighted by atomic mass is 16.6. The van der Waals surface area contributed by atoms with Gasteiger partial charge in [0.25, 0.3) is 5.78 Å². The van der Waals surface area contributed by atoms with Crippen LogP contribution in [-0.2, 0) is 5.41 Å². The molecule has 8 nitrogen and oxygen atoms in total. The lowest BCUT2D eigenvalue weighted by Gasteiger charge is -2.15. The third kappa shape index (κ3) is 2.10. The van der Waals surface area contributed by atoms with Gasteiger partial charge in [0.15, 0.2) is 11.5 Å². The number of rotatable bonds is 2. The SMILES string of the molecule is COc1c([N+](=O)[O-])ccc2c1C(=O)C(=O)c1nc(C(C)(C)C)oc1-2. The Balaban J connectivity index is 2.35. The number of carbonyl (C=O) groups is 2. The van der Waals surface area contributed by atoms with Gasteiger partial charge in [-0.15, -0.1) is 0 Å². The predicted molar refractivity (Wildman–Crippen MR) is 82.5 cm³/mol. The molecule has 3 rings (SSSR count). The summed E-state index contributed by atoms with van der Waals surface area (Å²) in [6, 6.07) is 2.58. The maximum Gasteiger partial charge on any atom is 0.311 e. The van der Waals surface area contributed by atoms with Crippen molar-refractivity contribution in [1.29, 1.82) is 0 Å². The molecule has 124 valence electrons. The van der Waals surface area contributed by atoms with Crippen LogP contribution in [0.25, 0.3) is 11.3 Å². The Bertz CT molecular complexity index is 904. The van der Waals surface area contributed by atoms with Crippen molar-refractivity contribution in [3.8, 4) is 17.1 Å². The standard InChI is InChI=1S/C16H14N2O6/c1-16(2,3)15-17-10-12(20)11(19)9-7(13(10)24-15)5-6-8(18(21)22)14(9)23-4/h5-6H,1-4H3. The van der Waals surface area contributed by atoms with Crippen LogP contribution >= 0.6 is 0 Å². The number of hydrogen-bond acceptors (Lipinski definition) is 7. The zero-order valence-electron chi connectivity index (χ0n) is 13.5. The maximum atomic E-state index is 12.5. The lowest BCUT2D eigenvalue weighted by atomic mass is 9.89. The van der Waals surface area contributed by atoms with E-state index in [1.807, 2.05) is 20.8 Å². The molecule has 0 N–H and O–H groups in total. The number of nitro groups is 1. The number of oxazole rings is 1. The second-order valence-corrected chi connectivity index (χ2v) is 6.40. The van der Waals surface area contributed by atoms with Gasteiger partial charge in [0.05, 0.1) is 17.6 Å². The number of nitrogens with zero attached hydrogens (tertiary/aromatic N) is 2. The van der Waals surface area contributed by atoms with Crippen LogP contribution in [0.4, 0.5) is 5.69 Å². The molecule has 0 bridgehead atoms. The van der Waals surface area contributed by atoms with Crippen LogP contribution in [0, 0.1) is 10.1 Å². The van der Waals surface area contributed by atoms with Gasteiger partial charge in [-0.05, 0) is 6.07 Å². The molecular weight excluding hydrogens is 316 g/mol. The molecule has 0 saturated heterocycles. The van der Waals surface area contributed by atoms with Crippen molar-refractivity contribution in [2.75, 3.05) is 7.11 Å². The zero-order valence-corrected chi connectivity index (χ0v) is 13.5. The smallest absolute Gasteiger partial charge is 0.311 e. The van der Waals surface area contributed by atoms with Gasteiger partial charge < -0.3 is 9.15 Å². The number of ether oxygens (including phenoxy) is 1. The monoisotopic (exact) mass is 330 g/mol. The minimum absolute atomic E-state index is 0.0756. The van der Waals surface area contributed by atoms with Crippen molar-refractivity contribution in [2.24, 2.45) is 0 Å². The maximum absolute atomic E-state index is 12.5. The molecule has 1 heterocycles. The summed E-state index contributed by atoms with van der Waals surface area (Å²) in [4.78, 5) is 39.4. The fraction of sp³-hybridized carbons (Fsp3) is 0.312. The second-order valence-electron chi connectivity index (χ2n) is 6.40. The van der Waals surface area contributed by atoms with Crippen molar-refractivity contribution >= 4 is 17.3 Å². The van der Waals surface area contributed by atoms with Crippen molar-refractivity contribution in [2.45, 2.75) is 26.2 Å². The van der Waals surface area contributed by atoms with Crippen LogP contribution < -0.4 is 4.74 Å². The molecule has 24 heavy (non-hydrogen) atoms. The van der Waals surface area contributed by atoms with E-state index in [0.717, 1.165) is 0 Å². The Morgan fingerprint density at radius 2 is 1.88 bits per heavy atom. The molecule has 1 aromatic heterocycles. The Morgan fingerprint density at radius 3 is 2.42 bits per heavy atom. The summed E-state index contributed by atoms with van der Waals surface area (Å²) in [6.07, 6.45) is 0. The minimum atomic E-state index is -0.896. The first-order valence-electron chi connectivity index (χ1n) is 7.13. The van der Waals surface area contributed by atoms with Crippen molar-refractivity contribution < 1.29 is 23.7 Å². The molecule has 0 saturated carbocycles. The van der Waals surface area contributed by atoms with Crippen molar-refractivity contribution in [1.82, 2.24) is 4.98 Å². The summed E-state index contributed by atoms with van der Waals surface area (Å²) in [5, 5.41) is 11.1. The molecule has 0 fully saturated rings. The number of ketones is 2. The number of nitro benzene ring substituents is 1. The molecule has 0 aliphatic heterocycles. The Morgan fingerprint density at radius 1 is 1.21 bits per heavy atom. The average Bonchev–Trinajstić information content (AvgIpc) is 2.96. The summed E-state index contributed by atoms with van der Waals surface area (Å²) in [5.74, 6) is -1.58. The van der Waals surface area contributed by atoms with Gasteiger partial charge in [-0.1, -0.05) is 20.8 Å². The van der Waals surface area contributed by atoms with E-state index in [-0.39, 0.29) is 28.3 Å². The predicted octanol–water partition coefficient (Wildman–Crippen LogP) is 2.93. The van der Waals surface area contributed by atoms with Crippen LogP contribution in [0.3, 0.4) is 0 Å². The molecule has 2 aromatic rings. The Hall–Kier alpha value is -3.03. The molecule has 1 aromatic carbocycles. The van der Waals surface area contributed by atoms with Crippen molar-refractivity contribution in [3.63, 3.8) is 0 Å². The summed E-state index contributed by atoms with van der Waals surface area (Å²) < 4.78 is 10.7. The number of hydrogen-bond donors (Lipinski definition) is 0. The molecule has 0 unspecified atom stereocenters. The second kappa shape index (κ2) is 4.98. The third-order valence-corrected chi connectivity index (χ3v) is 3.70. The molecule has 0 amide bonds. The van der Waals surface area contributed by atoms with Crippen LogP contribution in [0.1, 0.15) is 47.5 Å². The summed E-state index contributed by atoms with van der Waals surface area (Å²) in [5.41, 5.74) is -0.836. The number of benzene rings is 1. The summed E-state index contributed by atoms with van der Waals surface area (Å²) in [6.45, 7) is 5.57. The van der Waals surface area contributed by atoms with Gasteiger partial charge >= 0.3 is 5.69 Å². The number of methoxy groups -OCH3 is 1. The van der Waals surface area contributed by atoms with E-state index in [1.165, 1.54) is 19.2 Å². The molecule has 8 heteroatoms. The fourth-order valence-electron chi connectivity index (χ4n) is 2.54. The molecule has 1 aliphatic carbocycles. The van der Waals surface area contributed by atoms with Crippen LogP contribution in [0.5, 0.6) is 5.75 Å². The van der Waals surface area contributed by atoms with Gasteiger partial charge in [-0.25, -0.2) is 4.98 Å². The molecule has 0 atom stereocenters. The first-order valence-corrected chi connectivity index (χ1v) is 7.13. The highest BCUT2D eigenvalue weighted by Crippen LogP contribution is 2.43. The molecule has 0 radical (unpaired) electrons. The van der Waals surface area contributed by atoms with Crippen LogP contribution in [0.2, 0.25) is 0 Å². The zero-order chi connectivity index (χ0) is 17.8. The Labute approximate surface area is 136 Å². The number of carbonyl (C=O) groups excluding carboxylic acids is 2. The van der Waals surface area contributed by atoms with Crippen LogP contribution in [-0.4, -0.2) is 28.6 Å². The van der Waals surface area contributed by atoms with Crippen molar-refractivity contribution in [3.05, 3.63) is 39.4 Å². The summed E-state index contributed by atoms with van der Waals surface area (Å²) in [7, 11) is 1.21. The quantitative estimate of drug-likeness (QED) is 0.472. The number of fused-ring (bicyclic) bond motifs is 3. The molecular formula is C16H14N2O6. The van der Waals surface area contributed by atoms with Gasteiger partial charge in [0.2, 0.25) is 17.4 Å². The summed E-state index contributed by atoms with van der Waals surface area (Å²) >= 11 is 0. The third-order valence-electron chi connectivity index (χ3n) is 3.70. The largest absolute Gasteiger partial charge is 0.490 e. The number of aromatic nitrogens is 1. The van der Waals surface area contributed by atoms with E-state index in [4.69, 9.17) is 9.15 Å². The van der Waals surface area contributed by atoms with Gasteiger partial charge in [0.1, 0.15) is 0 Å². The Kier molecular flexibility index (Phi) is 3.29. The van der Waals surface area contributed by atoms with Crippen LogP contribution in [0.15, 0.2) is 16.5 Å². The van der Waals surface area contributed by atoms with E-state index in [0.29, 0.717) is 5.89 Å². The van der Waals surface area contributed by atoms with E-state index in [9.17, 15) is 19.7 Å². The van der Waals surface area contributed by atoms with Gasteiger partial charge in [0, 0.05) is 17.0 Å². The highest BCUT2D eigenvalue weighted by Gasteiger charge is 2.41.